The number of hydrogen-bond acceptors (Lipinski definition) is 8. The molecular formula is C29H28ClN3O6S2. The van der Waals surface area contributed by atoms with Crippen molar-refractivity contribution in [2.24, 2.45) is 5.92 Å². The first-order chi connectivity index (χ1) is 19.9. The molecule has 3 aliphatic rings. The number of thioether (sulfide) groups is 1. The van der Waals surface area contributed by atoms with Gasteiger partial charge < -0.3 is 19.4 Å². The molecule has 41 heavy (non-hydrogen) atoms. The van der Waals surface area contributed by atoms with Crippen LogP contribution >= 0.6 is 34.7 Å². The highest BCUT2D eigenvalue weighted by molar-refractivity contribution is 8.00. The molecule has 0 spiro atoms. The molecule has 214 valence electrons. The molecular weight excluding hydrogens is 586 g/mol. The number of nitrogens with zero attached hydrogens (tertiary/aromatic N) is 2. The van der Waals surface area contributed by atoms with E-state index in [2.05, 4.69) is 4.98 Å². The van der Waals surface area contributed by atoms with Crippen molar-refractivity contribution in [3.63, 3.8) is 0 Å². The van der Waals surface area contributed by atoms with Gasteiger partial charge in [-0.1, -0.05) is 40.8 Å². The van der Waals surface area contributed by atoms with Gasteiger partial charge in [-0.2, -0.15) is 0 Å². The van der Waals surface area contributed by atoms with Gasteiger partial charge in [0.15, 0.2) is 18.1 Å². The Balaban J connectivity index is 1.34. The topological polar surface area (TPSA) is 109 Å². The number of likely N-dealkylation sites (tertiary alicyclic amines) is 1. The molecule has 6 rings (SSSR count). The number of carbonyl (C=O) groups excluding carboxylic acids is 3. The summed E-state index contributed by atoms with van der Waals surface area (Å²) in [5.41, 5.74) is 1.17. The highest BCUT2D eigenvalue weighted by Crippen LogP contribution is 2.53. The summed E-state index contributed by atoms with van der Waals surface area (Å²) in [6.45, 7) is 3.59. The van der Waals surface area contributed by atoms with Gasteiger partial charge in [0.05, 0.1) is 23.2 Å². The number of carbonyl (C=O) groups is 3. The number of imide groups is 1. The van der Waals surface area contributed by atoms with Gasteiger partial charge in [0.1, 0.15) is 5.25 Å². The first-order valence-electron chi connectivity index (χ1n) is 13.6. The molecule has 1 N–H and O–H groups in total. The van der Waals surface area contributed by atoms with E-state index < -0.39 is 17.1 Å². The Morgan fingerprint density at radius 2 is 1.76 bits per heavy atom. The molecule has 0 bridgehead atoms. The monoisotopic (exact) mass is 613 g/mol. The highest BCUT2D eigenvalue weighted by Gasteiger charge is 2.56. The number of benzene rings is 2. The van der Waals surface area contributed by atoms with Crippen molar-refractivity contribution in [1.29, 1.82) is 0 Å². The number of rotatable bonds is 7. The molecule has 9 nitrogen and oxygen atoms in total. The standard InChI is InChI=1S/C29H28ClN3O6S2/c1-2-38-20-14-16(6-11-19(20)39-15-21(34)32-12-4-3-5-13-32)22-23-25(40-26-24(22)41-29(37)31-26)28(36)33(27(23)35)18-9-7-17(30)8-10-18/h6-11,14,22-23,25H,2-5,12-13,15H2,1H3,(H,31,37)/t22-,23?,25?/m1/s1. The smallest absolute Gasteiger partial charge is 0.305 e. The van der Waals surface area contributed by atoms with E-state index in [0.717, 1.165) is 43.7 Å². The van der Waals surface area contributed by atoms with Gasteiger partial charge in [-0.15, -0.1) is 0 Å². The average Bonchev–Trinajstić information content (AvgIpc) is 3.47. The number of aromatic nitrogens is 1. The van der Waals surface area contributed by atoms with Crippen molar-refractivity contribution < 1.29 is 23.9 Å². The number of fused-ring (bicyclic) bond motifs is 2. The number of H-pyrrole nitrogens is 1. The molecule has 0 radical (unpaired) electrons. The maximum absolute atomic E-state index is 13.9. The summed E-state index contributed by atoms with van der Waals surface area (Å²) >= 11 is 8.31. The largest absolute Gasteiger partial charge is 0.490 e. The summed E-state index contributed by atoms with van der Waals surface area (Å²) in [5, 5.41) is 0.381. The predicted molar refractivity (Wildman–Crippen MR) is 157 cm³/mol. The molecule has 4 heterocycles. The van der Waals surface area contributed by atoms with Crippen LogP contribution in [-0.2, 0) is 14.4 Å². The van der Waals surface area contributed by atoms with E-state index in [0.29, 0.717) is 44.3 Å². The van der Waals surface area contributed by atoms with Crippen molar-refractivity contribution in [3.8, 4) is 11.5 Å². The van der Waals surface area contributed by atoms with Gasteiger partial charge in [0, 0.05) is 28.9 Å². The first-order valence-corrected chi connectivity index (χ1v) is 15.6. The van der Waals surface area contributed by atoms with Crippen molar-refractivity contribution in [1.82, 2.24) is 9.88 Å². The van der Waals surface area contributed by atoms with Crippen LogP contribution in [0.2, 0.25) is 5.02 Å². The number of nitrogens with one attached hydrogen (secondary N) is 1. The minimum Gasteiger partial charge on any atom is -0.490 e. The number of thiazole rings is 1. The zero-order valence-corrected chi connectivity index (χ0v) is 24.7. The average molecular weight is 614 g/mol. The number of halogens is 1. The van der Waals surface area contributed by atoms with Crippen molar-refractivity contribution in [3.05, 3.63) is 67.6 Å². The zero-order chi connectivity index (χ0) is 28.7. The Bertz CT molecular complexity index is 1550. The van der Waals surface area contributed by atoms with Crippen LogP contribution in [-0.4, -0.2) is 59.2 Å². The van der Waals surface area contributed by atoms with Crippen LogP contribution in [0.1, 0.15) is 42.5 Å². The molecule has 0 saturated carbocycles. The lowest BCUT2D eigenvalue weighted by molar-refractivity contribution is -0.134. The van der Waals surface area contributed by atoms with Gasteiger partial charge in [-0.25, -0.2) is 4.90 Å². The number of hydrogen-bond donors (Lipinski definition) is 1. The van der Waals surface area contributed by atoms with E-state index in [4.69, 9.17) is 21.1 Å². The second-order valence-electron chi connectivity index (χ2n) is 10.1. The maximum atomic E-state index is 13.9. The number of anilines is 1. The van der Waals surface area contributed by atoms with Gasteiger partial charge in [0.25, 0.3) is 5.91 Å². The van der Waals surface area contributed by atoms with Crippen molar-refractivity contribution in [2.75, 3.05) is 31.2 Å². The molecule has 0 aliphatic carbocycles. The van der Waals surface area contributed by atoms with Crippen molar-refractivity contribution in [2.45, 2.75) is 42.4 Å². The fourth-order valence-corrected chi connectivity index (χ4v) is 8.34. The van der Waals surface area contributed by atoms with Crippen LogP contribution in [0, 0.1) is 5.92 Å². The normalized spacial score (nSPS) is 22.0. The van der Waals surface area contributed by atoms with E-state index in [1.165, 1.54) is 16.7 Å². The summed E-state index contributed by atoms with van der Waals surface area (Å²) < 4.78 is 11.8. The van der Waals surface area contributed by atoms with Crippen LogP contribution in [0.15, 0.2) is 52.3 Å². The lowest BCUT2D eigenvalue weighted by Gasteiger charge is -2.30. The van der Waals surface area contributed by atoms with Gasteiger partial charge in [-0.3, -0.25) is 19.2 Å². The van der Waals surface area contributed by atoms with Crippen molar-refractivity contribution >= 4 is 58.1 Å². The second kappa shape index (κ2) is 11.5. The minimum atomic E-state index is -0.732. The number of aromatic amines is 1. The summed E-state index contributed by atoms with van der Waals surface area (Å²) in [5.74, 6) is -1.18. The number of amides is 3. The third-order valence-corrected chi connectivity index (χ3v) is 10.2. The van der Waals surface area contributed by atoms with E-state index in [-0.39, 0.29) is 29.2 Å². The first kappa shape index (κ1) is 27.9. The Hall–Kier alpha value is -3.28. The Morgan fingerprint density at radius 3 is 2.49 bits per heavy atom. The fourth-order valence-electron chi connectivity index (χ4n) is 5.70. The van der Waals surface area contributed by atoms with Crippen LogP contribution in [0.4, 0.5) is 5.69 Å². The van der Waals surface area contributed by atoms with E-state index in [1.807, 2.05) is 17.9 Å². The van der Waals surface area contributed by atoms with Gasteiger partial charge >= 0.3 is 4.87 Å². The third-order valence-electron chi connectivity index (χ3n) is 7.60. The molecule has 2 fully saturated rings. The highest BCUT2D eigenvalue weighted by atomic mass is 35.5. The molecule has 2 aromatic carbocycles. The molecule has 3 amide bonds. The zero-order valence-electron chi connectivity index (χ0n) is 22.3. The number of ether oxygens (including phenoxy) is 2. The number of piperidine rings is 1. The van der Waals surface area contributed by atoms with E-state index in [1.54, 1.807) is 36.4 Å². The Labute approximate surface area is 249 Å². The third kappa shape index (κ3) is 5.26. The summed E-state index contributed by atoms with van der Waals surface area (Å²) in [7, 11) is 0. The van der Waals surface area contributed by atoms with Crippen LogP contribution in [0.25, 0.3) is 0 Å². The second-order valence-corrected chi connectivity index (χ2v) is 12.7. The lowest BCUT2D eigenvalue weighted by atomic mass is 9.83. The molecule has 3 atom stereocenters. The van der Waals surface area contributed by atoms with Gasteiger partial charge in [-0.05, 0) is 68.1 Å². The molecule has 2 unspecified atom stereocenters. The van der Waals surface area contributed by atoms with Gasteiger partial charge in [0.2, 0.25) is 11.8 Å². The lowest BCUT2D eigenvalue weighted by Crippen LogP contribution is -2.38. The summed E-state index contributed by atoms with van der Waals surface area (Å²) in [6.07, 6.45) is 3.12. The van der Waals surface area contributed by atoms with E-state index in [9.17, 15) is 19.2 Å². The van der Waals surface area contributed by atoms with Crippen LogP contribution in [0.5, 0.6) is 11.5 Å². The Morgan fingerprint density at radius 1 is 1.00 bits per heavy atom. The van der Waals surface area contributed by atoms with Crippen LogP contribution < -0.4 is 19.2 Å². The van der Waals surface area contributed by atoms with Crippen LogP contribution in [0.3, 0.4) is 0 Å². The molecule has 3 aromatic rings. The summed E-state index contributed by atoms with van der Waals surface area (Å²) in [4.78, 5) is 59.0. The molecule has 2 saturated heterocycles. The minimum absolute atomic E-state index is 0.0672. The van der Waals surface area contributed by atoms with E-state index >= 15 is 0 Å². The predicted octanol–water partition coefficient (Wildman–Crippen LogP) is 4.68. The molecule has 3 aliphatic heterocycles. The quantitative estimate of drug-likeness (QED) is 0.386. The molecule has 12 heteroatoms. The molecule has 1 aromatic heterocycles. The fraction of sp³-hybridized carbons (Fsp3) is 0.379. The SMILES string of the molecule is CCOc1cc([C@H]2c3sc(=O)[nH]c3SC3C(=O)N(c4ccc(Cl)cc4)C(=O)C32)ccc1OCC(=O)N1CCCCC1. The maximum Gasteiger partial charge on any atom is 0.305 e. The Kier molecular flexibility index (Phi) is 7.84. The summed E-state index contributed by atoms with van der Waals surface area (Å²) in [6, 6.07) is 11.9.